The van der Waals surface area contributed by atoms with E-state index in [9.17, 15) is 0 Å². The first-order valence-electron chi connectivity index (χ1n) is 1.92. The van der Waals surface area contributed by atoms with Gasteiger partial charge in [-0.05, 0) is 0 Å². The van der Waals surface area contributed by atoms with Crippen molar-refractivity contribution >= 4 is 34.8 Å². The zero-order chi connectivity index (χ0) is 6.78. The van der Waals surface area contributed by atoms with Crippen molar-refractivity contribution in [1.82, 2.24) is 0 Å². The number of aliphatic hydroxyl groups is 1. The number of hydrogen-bond donors (Lipinski definition) is 2. The van der Waals surface area contributed by atoms with Crippen molar-refractivity contribution in [3.8, 4) is 0 Å². The van der Waals surface area contributed by atoms with E-state index in [1.165, 1.54) is 0 Å². The molecule has 0 aliphatic heterocycles. The van der Waals surface area contributed by atoms with E-state index in [0.29, 0.717) is 0 Å². The van der Waals surface area contributed by atoms with Gasteiger partial charge in [0.05, 0.1) is 0 Å². The average molecular weight is 196 g/mol. The largest absolute Gasteiger partial charge is 0.412 e. The van der Waals surface area contributed by atoms with Crippen LogP contribution in [0.2, 0.25) is 0 Å². The number of rotatable bonds is 1. The van der Waals surface area contributed by atoms with Crippen molar-refractivity contribution in [1.29, 1.82) is 0 Å². The van der Waals surface area contributed by atoms with Crippen LogP contribution in [0.1, 0.15) is 6.42 Å². The van der Waals surface area contributed by atoms with Gasteiger partial charge in [0.2, 0.25) is 0 Å². The predicted octanol–water partition coefficient (Wildman–Crippen LogP) is 0.199. The molecule has 0 spiro atoms. The normalized spacial score (nSPS) is 14.3. The molecule has 6 heteroatoms. The minimum Gasteiger partial charge on any atom is -0.412 e. The molecule has 0 rings (SSSR count). The summed E-state index contributed by atoms with van der Waals surface area (Å²) in [5.74, 6) is 0. The highest BCUT2D eigenvalue weighted by molar-refractivity contribution is 6.67. The first kappa shape index (κ1) is 12.4. The summed E-state index contributed by atoms with van der Waals surface area (Å²) in [6.45, 7) is 0. The Balaban J connectivity index is 0. The predicted molar refractivity (Wildman–Crippen MR) is 38.7 cm³/mol. The summed E-state index contributed by atoms with van der Waals surface area (Å²) in [6, 6.07) is 0. The van der Waals surface area contributed by atoms with Gasteiger partial charge in [0.25, 0.3) is 0 Å². The van der Waals surface area contributed by atoms with Crippen LogP contribution in [-0.2, 0) is 0 Å². The molecule has 0 aromatic carbocycles. The minimum absolute atomic E-state index is 0. The second-order valence-corrected chi connectivity index (χ2v) is 3.90. The Hall–Kier alpha value is 0.750. The molecule has 0 aliphatic rings. The Morgan fingerprint density at radius 1 is 1.44 bits per heavy atom. The van der Waals surface area contributed by atoms with Gasteiger partial charge < -0.3 is 16.3 Å². The van der Waals surface area contributed by atoms with Crippen molar-refractivity contribution in [3.63, 3.8) is 0 Å². The molecule has 0 aromatic rings. The Morgan fingerprint density at radius 3 is 1.78 bits per heavy atom. The molecule has 0 saturated carbocycles. The quantitative estimate of drug-likeness (QED) is 0.464. The van der Waals surface area contributed by atoms with Gasteiger partial charge in [0, 0.05) is 6.42 Å². The maximum Gasteiger partial charge on any atom is 0.194 e. The summed E-state index contributed by atoms with van der Waals surface area (Å²) in [4.78, 5) is 0. The molecule has 5 N–H and O–H groups in total. The Labute approximate surface area is 68.0 Å². The van der Waals surface area contributed by atoms with E-state index in [0.717, 1.165) is 0 Å². The van der Waals surface area contributed by atoms with E-state index in [1.807, 2.05) is 0 Å². The van der Waals surface area contributed by atoms with Crippen molar-refractivity contribution in [2.75, 3.05) is 0 Å². The summed E-state index contributed by atoms with van der Waals surface area (Å²) in [5, 5.41) is 8.41. The fourth-order valence-corrected chi connectivity index (χ4v) is 0.711. The van der Waals surface area contributed by atoms with Gasteiger partial charge in [-0.1, -0.05) is 34.8 Å². The minimum atomic E-state index is -1.44. The molecule has 1 unspecified atom stereocenters. The molecule has 9 heavy (non-hydrogen) atoms. The summed E-state index contributed by atoms with van der Waals surface area (Å²) in [6.07, 6.45) is -1.10. The zero-order valence-electron chi connectivity index (χ0n) is 4.44. The topological polar surface area (TPSA) is 77.8 Å². The van der Waals surface area contributed by atoms with Crippen LogP contribution < -0.4 is 5.73 Å². The van der Waals surface area contributed by atoms with Crippen molar-refractivity contribution < 1.29 is 10.6 Å². The summed E-state index contributed by atoms with van der Waals surface area (Å²) in [7, 11) is 0. The lowest BCUT2D eigenvalue weighted by atomic mass is 10.4. The van der Waals surface area contributed by atoms with Crippen LogP contribution in [0.5, 0.6) is 0 Å². The van der Waals surface area contributed by atoms with Crippen LogP contribution in [0, 0.1) is 0 Å². The average Bonchev–Trinajstić information content (AvgIpc) is 1.21. The van der Waals surface area contributed by atoms with Gasteiger partial charge in [0.1, 0.15) is 6.23 Å². The number of halogens is 3. The van der Waals surface area contributed by atoms with Gasteiger partial charge in [-0.2, -0.15) is 0 Å². The monoisotopic (exact) mass is 195 g/mol. The fourth-order valence-electron chi connectivity index (χ4n) is 0.237. The smallest absolute Gasteiger partial charge is 0.194 e. The van der Waals surface area contributed by atoms with Crippen LogP contribution in [-0.4, -0.2) is 20.6 Å². The molecule has 58 valence electrons. The van der Waals surface area contributed by atoms with Crippen molar-refractivity contribution in [2.24, 2.45) is 5.73 Å². The third-order valence-electron chi connectivity index (χ3n) is 0.441. The molecule has 0 fully saturated rings. The lowest BCUT2D eigenvalue weighted by Crippen LogP contribution is -2.24. The third kappa shape index (κ3) is 12.1. The van der Waals surface area contributed by atoms with Crippen LogP contribution in [0.25, 0.3) is 0 Å². The first-order valence-corrected chi connectivity index (χ1v) is 3.05. The first-order chi connectivity index (χ1) is 3.42. The number of hydrogen-bond acceptors (Lipinski definition) is 2. The van der Waals surface area contributed by atoms with E-state index >= 15 is 0 Å². The summed E-state index contributed by atoms with van der Waals surface area (Å²) < 4.78 is -1.44. The molecule has 1 atom stereocenters. The zero-order valence-corrected chi connectivity index (χ0v) is 6.71. The number of aliphatic hydroxyl groups excluding tert-OH is 1. The number of alkyl halides is 3. The second kappa shape index (κ2) is 4.55. The van der Waals surface area contributed by atoms with Gasteiger partial charge in [-0.25, -0.2) is 0 Å². The maximum absolute atomic E-state index is 8.41. The van der Waals surface area contributed by atoms with E-state index in [-0.39, 0.29) is 11.9 Å². The van der Waals surface area contributed by atoms with Gasteiger partial charge in [-0.3, -0.25) is 0 Å². The highest BCUT2D eigenvalue weighted by Gasteiger charge is 2.21. The molecule has 0 aromatic heterocycles. The maximum atomic E-state index is 8.41. The Bertz CT molecular complexity index is 71.9. The van der Waals surface area contributed by atoms with Crippen LogP contribution in [0.4, 0.5) is 0 Å². The highest BCUT2D eigenvalue weighted by Crippen LogP contribution is 2.30. The molecular weight excluding hydrogens is 188 g/mol. The van der Waals surface area contributed by atoms with Crippen molar-refractivity contribution in [3.05, 3.63) is 0 Å². The van der Waals surface area contributed by atoms with E-state index in [2.05, 4.69) is 0 Å². The summed E-state index contributed by atoms with van der Waals surface area (Å²) in [5.41, 5.74) is 4.88. The highest BCUT2D eigenvalue weighted by atomic mass is 35.6. The Morgan fingerprint density at radius 2 is 1.78 bits per heavy atom. The second-order valence-electron chi connectivity index (χ2n) is 1.39. The molecule has 0 radical (unpaired) electrons. The standard InChI is InChI=1S/C3H6Cl3NO.H2O/c4-3(5,6)1-2(7)8;/h2,8H,1,7H2;1H2. The van der Waals surface area contributed by atoms with Crippen LogP contribution in [0.15, 0.2) is 0 Å². The molecule has 0 saturated heterocycles. The van der Waals surface area contributed by atoms with Crippen LogP contribution in [0.3, 0.4) is 0 Å². The van der Waals surface area contributed by atoms with Gasteiger partial charge >= 0.3 is 0 Å². The molecule has 3 nitrogen and oxygen atoms in total. The van der Waals surface area contributed by atoms with Crippen LogP contribution >= 0.6 is 34.8 Å². The lowest BCUT2D eigenvalue weighted by Gasteiger charge is -2.11. The third-order valence-corrected chi connectivity index (χ3v) is 0.904. The Kier molecular flexibility index (Phi) is 6.28. The fraction of sp³-hybridized carbons (Fsp3) is 1.00. The number of nitrogens with two attached hydrogens (primary N) is 1. The molecule has 0 heterocycles. The van der Waals surface area contributed by atoms with E-state index in [1.54, 1.807) is 0 Å². The SMILES string of the molecule is NC(O)CC(Cl)(Cl)Cl.O. The molecule has 0 bridgehead atoms. The van der Waals surface area contributed by atoms with E-state index < -0.39 is 10.0 Å². The molecular formula is C3H8Cl3NO2. The molecule has 0 amide bonds. The summed E-state index contributed by atoms with van der Waals surface area (Å²) >= 11 is 15.7. The lowest BCUT2D eigenvalue weighted by molar-refractivity contribution is 0.174. The van der Waals surface area contributed by atoms with Crippen molar-refractivity contribution in [2.45, 2.75) is 16.4 Å². The van der Waals surface area contributed by atoms with E-state index in [4.69, 9.17) is 45.6 Å². The van der Waals surface area contributed by atoms with Gasteiger partial charge in [-0.15, -0.1) is 0 Å². The van der Waals surface area contributed by atoms with Gasteiger partial charge in [0.15, 0.2) is 3.79 Å². The molecule has 0 aliphatic carbocycles.